The summed E-state index contributed by atoms with van der Waals surface area (Å²) in [6.07, 6.45) is 0. The van der Waals surface area contributed by atoms with Crippen LogP contribution >= 0.6 is 15.9 Å². The van der Waals surface area contributed by atoms with Crippen LogP contribution in [0.25, 0.3) is 0 Å². The molecule has 3 nitrogen and oxygen atoms in total. The number of hydrogen-bond acceptors (Lipinski definition) is 2. The molecule has 0 fully saturated rings. The summed E-state index contributed by atoms with van der Waals surface area (Å²) in [6, 6.07) is 11.7. The second-order valence-corrected chi connectivity index (χ2v) is 5.69. The topological polar surface area (TPSA) is 55.1 Å². The standard InChI is InChI=1S/C16H17BrN2O/c1-10-3-4-12(8-14(10)17)9-19-15-6-5-13(16(18)20)7-11(15)2/h3-8,19H,9H2,1-2H3,(H2,18,20). The Morgan fingerprint density at radius 3 is 2.50 bits per heavy atom. The quantitative estimate of drug-likeness (QED) is 0.895. The molecule has 104 valence electrons. The van der Waals surface area contributed by atoms with E-state index < -0.39 is 5.91 Å². The largest absolute Gasteiger partial charge is 0.381 e. The van der Waals surface area contributed by atoms with E-state index in [1.807, 2.05) is 13.0 Å². The van der Waals surface area contributed by atoms with Crippen molar-refractivity contribution in [2.45, 2.75) is 20.4 Å². The van der Waals surface area contributed by atoms with Gasteiger partial charge in [0.25, 0.3) is 0 Å². The van der Waals surface area contributed by atoms with Gasteiger partial charge in [-0.3, -0.25) is 4.79 Å². The predicted molar refractivity (Wildman–Crippen MR) is 85.9 cm³/mol. The minimum absolute atomic E-state index is 0.401. The van der Waals surface area contributed by atoms with Crippen molar-refractivity contribution < 1.29 is 4.79 Å². The summed E-state index contributed by atoms with van der Waals surface area (Å²) >= 11 is 3.53. The Labute approximate surface area is 127 Å². The van der Waals surface area contributed by atoms with Gasteiger partial charge in [-0.1, -0.05) is 28.1 Å². The molecule has 20 heavy (non-hydrogen) atoms. The van der Waals surface area contributed by atoms with Gasteiger partial charge in [-0.05, 0) is 54.8 Å². The second-order valence-electron chi connectivity index (χ2n) is 4.83. The number of rotatable bonds is 4. The highest BCUT2D eigenvalue weighted by atomic mass is 79.9. The maximum Gasteiger partial charge on any atom is 0.248 e. The Morgan fingerprint density at radius 2 is 1.90 bits per heavy atom. The Balaban J connectivity index is 2.10. The molecule has 1 amide bonds. The first-order chi connectivity index (χ1) is 9.47. The number of hydrogen-bond donors (Lipinski definition) is 2. The fraction of sp³-hybridized carbons (Fsp3) is 0.188. The number of nitrogens with one attached hydrogen (secondary N) is 1. The lowest BCUT2D eigenvalue weighted by Gasteiger charge is -2.11. The number of primary amides is 1. The minimum Gasteiger partial charge on any atom is -0.381 e. The van der Waals surface area contributed by atoms with Gasteiger partial charge in [-0.15, -0.1) is 0 Å². The van der Waals surface area contributed by atoms with E-state index in [1.165, 1.54) is 11.1 Å². The van der Waals surface area contributed by atoms with Crippen LogP contribution in [0.3, 0.4) is 0 Å². The van der Waals surface area contributed by atoms with Gasteiger partial charge < -0.3 is 11.1 Å². The molecular weight excluding hydrogens is 316 g/mol. The highest BCUT2D eigenvalue weighted by Gasteiger charge is 2.04. The molecule has 0 atom stereocenters. The van der Waals surface area contributed by atoms with Gasteiger partial charge in [0.1, 0.15) is 0 Å². The first kappa shape index (κ1) is 14.6. The maximum absolute atomic E-state index is 11.1. The van der Waals surface area contributed by atoms with E-state index in [9.17, 15) is 4.79 Å². The summed E-state index contributed by atoms with van der Waals surface area (Å²) < 4.78 is 1.11. The first-order valence-corrected chi connectivity index (χ1v) is 7.16. The van der Waals surface area contributed by atoms with E-state index in [4.69, 9.17) is 5.73 Å². The number of carbonyl (C=O) groups excluding carboxylic acids is 1. The van der Waals surface area contributed by atoms with Crippen LogP contribution in [-0.4, -0.2) is 5.91 Å². The van der Waals surface area contributed by atoms with Crippen LogP contribution in [0.1, 0.15) is 27.0 Å². The van der Waals surface area contributed by atoms with E-state index in [-0.39, 0.29) is 0 Å². The Bertz CT molecular complexity index is 653. The zero-order valence-electron chi connectivity index (χ0n) is 11.5. The minimum atomic E-state index is -0.401. The number of halogens is 1. The van der Waals surface area contributed by atoms with Crippen molar-refractivity contribution in [3.8, 4) is 0 Å². The summed E-state index contributed by atoms with van der Waals surface area (Å²) in [5.74, 6) is -0.401. The number of carbonyl (C=O) groups is 1. The monoisotopic (exact) mass is 332 g/mol. The summed E-state index contributed by atoms with van der Waals surface area (Å²) in [4.78, 5) is 11.1. The molecule has 0 aliphatic rings. The Kier molecular flexibility index (Phi) is 4.45. The van der Waals surface area contributed by atoms with Crippen LogP contribution in [-0.2, 0) is 6.54 Å². The van der Waals surface area contributed by atoms with Crippen LogP contribution in [0.4, 0.5) is 5.69 Å². The molecule has 0 aromatic heterocycles. The average molecular weight is 333 g/mol. The molecule has 0 heterocycles. The fourth-order valence-electron chi connectivity index (χ4n) is 1.96. The average Bonchev–Trinajstić information content (AvgIpc) is 2.41. The van der Waals surface area contributed by atoms with Crippen LogP contribution in [0, 0.1) is 13.8 Å². The maximum atomic E-state index is 11.1. The summed E-state index contributed by atoms with van der Waals surface area (Å²) in [5.41, 5.74) is 10.2. The molecule has 0 bridgehead atoms. The van der Waals surface area contributed by atoms with Gasteiger partial charge in [0.15, 0.2) is 0 Å². The Morgan fingerprint density at radius 1 is 1.15 bits per heavy atom. The molecule has 0 spiro atoms. The number of aryl methyl sites for hydroxylation is 2. The second kappa shape index (κ2) is 6.09. The zero-order valence-corrected chi connectivity index (χ0v) is 13.1. The van der Waals surface area contributed by atoms with Crippen molar-refractivity contribution in [3.05, 3.63) is 63.1 Å². The van der Waals surface area contributed by atoms with Gasteiger partial charge in [-0.25, -0.2) is 0 Å². The van der Waals surface area contributed by atoms with Crippen LogP contribution in [0.15, 0.2) is 40.9 Å². The molecular formula is C16H17BrN2O. The van der Waals surface area contributed by atoms with Crippen LogP contribution in [0.2, 0.25) is 0 Å². The third-order valence-electron chi connectivity index (χ3n) is 3.23. The SMILES string of the molecule is Cc1ccc(CNc2ccc(C(N)=O)cc2C)cc1Br. The number of benzene rings is 2. The van der Waals surface area contributed by atoms with Gasteiger partial charge in [0.2, 0.25) is 5.91 Å². The van der Waals surface area contributed by atoms with E-state index in [0.29, 0.717) is 5.56 Å². The lowest BCUT2D eigenvalue weighted by molar-refractivity contribution is 0.1000. The highest BCUT2D eigenvalue weighted by Crippen LogP contribution is 2.20. The molecule has 0 aliphatic carbocycles. The van der Waals surface area contributed by atoms with Crippen molar-refractivity contribution in [2.75, 3.05) is 5.32 Å². The predicted octanol–water partition coefficient (Wildman–Crippen LogP) is 3.78. The number of anilines is 1. The van der Waals surface area contributed by atoms with E-state index in [0.717, 1.165) is 22.3 Å². The molecule has 0 saturated heterocycles. The first-order valence-electron chi connectivity index (χ1n) is 6.36. The van der Waals surface area contributed by atoms with Crippen molar-refractivity contribution in [1.82, 2.24) is 0 Å². The van der Waals surface area contributed by atoms with Gasteiger partial charge in [0.05, 0.1) is 0 Å². The zero-order chi connectivity index (χ0) is 14.7. The molecule has 3 N–H and O–H groups in total. The Hall–Kier alpha value is -1.81. The fourth-order valence-corrected chi connectivity index (χ4v) is 2.39. The summed E-state index contributed by atoms with van der Waals surface area (Å²) in [7, 11) is 0. The number of amides is 1. The highest BCUT2D eigenvalue weighted by molar-refractivity contribution is 9.10. The molecule has 2 rings (SSSR count). The smallest absolute Gasteiger partial charge is 0.248 e. The lowest BCUT2D eigenvalue weighted by atomic mass is 10.1. The van der Waals surface area contributed by atoms with Crippen molar-refractivity contribution >= 4 is 27.5 Å². The van der Waals surface area contributed by atoms with E-state index in [1.54, 1.807) is 12.1 Å². The molecule has 4 heteroatoms. The van der Waals surface area contributed by atoms with Crippen LogP contribution < -0.4 is 11.1 Å². The van der Waals surface area contributed by atoms with Gasteiger partial charge in [0, 0.05) is 22.3 Å². The summed E-state index contributed by atoms with van der Waals surface area (Å²) in [6.45, 7) is 4.75. The third-order valence-corrected chi connectivity index (χ3v) is 4.08. The molecule has 2 aromatic carbocycles. The van der Waals surface area contributed by atoms with E-state index >= 15 is 0 Å². The molecule has 0 aliphatic heterocycles. The lowest BCUT2D eigenvalue weighted by Crippen LogP contribution is -2.11. The van der Waals surface area contributed by atoms with Crippen LogP contribution in [0.5, 0.6) is 0 Å². The van der Waals surface area contributed by atoms with Crippen molar-refractivity contribution in [3.63, 3.8) is 0 Å². The summed E-state index contributed by atoms with van der Waals surface area (Å²) in [5, 5.41) is 3.37. The molecule has 0 unspecified atom stereocenters. The van der Waals surface area contributed by atoms with Crippen molar-refractivity contribution in [2.24, 2.45) is 5.73 Å². The normalized spacial score (nSPS) is 10.3. The molecule has 0 saturated carbocycles. The third kappa shape index (κ3) is 3.39. The van der Waals surface area contributed by atoms with Gasteiger partial charge >= 0.3 is 0 Å². The molecule has 0 radical (unpaired) electrons. The number of nitrogens with two attached hydrogens (primary N) is 1. The molecule has 2 aromatic rings. The van der Waals surface area contributed by atoms with Gasteiger partial charge in [-0.2, -0.15) is 0 Å². The van der Waals surface area contributed by atoms with Crippen molar-refractivity contribution in [1.29, 1.82) is 0 Å². The van der Waals surface area contributed by atoms with E-state index in [2.05, 4.69) is 46.4 Å².